The van der Waals surface area contributed by atoms with E-state index in [2.05, 4.69) is 0 Å². The Hall–Kier alpha value is -1.63. The van der Waals surface area contributed by atoms with Gasteiger partial charge in [0.15, 0.2) is 0 Å². The van der Waals surface area contributed by atoms with Crippen molar-refractivity contribution in [3.63, 3.8) is 0 Å². The molecule has 0 aliphatic rings. The Morgan fingerprint density at radius 3 is 2.13 bits per heavy atom. The van der Waals surface area contributed by atoms with Crippen molar-refractivity contribution in [1.29, 1.82) is 0 Å². The van der Waals surface area contributed by atoms with Gasteiger partial charge in [-0.1, -0.05) is 53.0 Å². The zero-order valence-corrected chi connectivity index (χ0v) is 14.1. The van der Waals surface area contributed by atoms with Crippen LogP contribution in [-0.4, -0.2) is 34.2 Å². The molecule has 0 spiro atoms. The number of carbonyl (C=O) groups excluding carboxylic acids is 2. The summed E-state index contributed by atoms with van der Waals surface area (Å²) >= 11 is 9.56. The first-order chi connectivity index (χ1) is 10.8. The largest absolute Gasteiger partial charge is 0.479 e. The first-order valence-electron chi connectivity index (χ1n) is 6.70. The van der Waals surface area contributed by atoms with Crippen LogP contribution in [0.3, 0.4) is 0 Å². The third-order valence-electron chi connectivity index (χ3n) is 2.54. The lowest BCUT2D eigenvalue weighted by molar-refractivity contribution is -0.146. The van der Waals surface area contributed by atoms with Gasteiger partial charge in [-0.3, -0.25) is 9.59 Å². The smallest absolute Gasteiger partial charge is 0.337 e. The number of aryl methyl sites for hydroxylation is 1. The predicted molar refractivity (Wildman–Crippen MR) is 87.4 cm³/mol. The lowest BCUT2D eigenvalue weighted by Crippen LogP contribution is -2.15. The van der Waals surface area contributed by atoms with E-state index in [1.54, 1.807) is 0 Å². The number of nitrogens with two attached hydrogens (primary N) is 1. The molecule has 0 bridgehead atoms. The molecule has 3 N–H and O–H groups in total. The van der Waals surface area contributed by atoms with Crippen LogP contribution in [0.15, 0.2) is 24.3 Å². The van der Waals surface area contributed by atoms with Crippen molar-refractivity contribution in [2.45, 2.75) is 31.2 Å². The topological polar surface area (TPSA) is 107 Å². The predicted octanol–water partition coefficient (Wildman–Crippen LogP) is 2.22. The Morgan fingerprint density at radius 2 is 1.70 bits per heavy atom. The van der Waals surface area contributed by atoms with E-state index < -0.39 is 10.8 Å². The molecular formula is C15H19Cl2NO5. The number of hydrogen-bond acceptors (Lipinski definition) is 5. The molecule has 1 aromatic rings. The molecule has 0 radical (unpaired) electrons. The fourth-order valence-corrected chi connectivity index (χ4v) is 1.26. The van der Waals surface area contributed by atoms with Crippen LogP contribution in [0.25, 0.3) is 0 Å². The summed E-state index contributed by atoms with van der Waals surface area (Å²) in [6.07, 6.45) is 0.255. The van der Waals surface area contributed by atoms with Crippen LogP contribution < -0.4 is 5.73 Å². The lowest BCUT2D eigenvalue weighted by Gasteiger charge is -2.04. The molecule has 0 unspecified atom stereocenters. The summed E-state index contributed by atoms with van der Waals surface area (Å²) in [7, 11) is 0. The van der Waals surface area contributed by atoms with E-state index in [1.165, 1.54) is 0 Å². The molecule has 0 aromatic heterocycles. The molecule has 23 heavy (non-hydrogen) atoms. The second kappa shape index (κ2) is 11.9. The summed E-state index contributed by atoms with van der Waals surface area (Å²) in [5.74, 6) is -1.71. The summed E-state index contributed by atoms with van der Waals surface area (Å²) in [5.41, 5.74) is 7.24. The maximum absolute atomic E-state index is 11.3. The van der Waals surface area contributed by atoms with Gasteiger partial charge in [-0.05, 0) is 12.5 Å². The second-order valence-electron chi connectivity index (χ2n) is 4.53. The van der Waals surface area contributed by atoms with Crippen molar-refractivity contribution in [2.24, 2.45) is 5.73 Å². The number of rotatable bonds is 7. The maximum Gasteiger partial charge on any atom is 0.337 e. The molecule has 0 atom stereocenters. The summed E-state index contributed by atoms with van der Waals surface area (Å²) in [4.78, 5) is 30.3. The van der Waals surface area contributed by atoms with Gasteiger partial charge in [0.2, 0.25) is 4.84 Å². The highest BCUT2D eigenvalue weighted by molar-refractivity contribution is 6.52. The Bertz CT molecular complexity index is 517. The quantitative estimate of drug-likeness (QED) is 0.568. The van der Waals surface area contributed by atoms with Gasteiger partial charge < -0.3 is 15.6 Å². The average molecular weight is 364 g/mol. The lowest BCUT2D eigenvalue weighted by atomic mass is 10.2. The van der Waals surface area contributed by atoms with Gasteiger partial charge in [-0.2, -0.15) is 0 Å². The summed E-state index contributed by atoms with van der Waals surface area (Å²) in [6, 6.07) is 7.74. The first kappa shape index (κ1) is 21.4. The Balaban J connectivity index is 0.000000688. The SMILES string of the molecule is Cc1ccc(COC(=O)CCC(=O)CN)cc1.O=C(O)C(Cl)Cl. The van der Waals surface area contributed by atoms with Crippen LogP contribution in [0, 0.1) is 6.92 Å². The number of halogens is 2. The van der Waals surface area contributed by atoms with Crippen molar-refractivity contribution < 1.29 is 24.2 Å². The van der Waals surface area contributed by atoms with Crippen LogP contribution in [0.2, 0.25) is 0 Å². The molecule has 0 saturated heterocycles. The molecule has 8 heteroatoms. The van der Waals surface area contributed by atoms with Crippen molar-refractivity contribution >= 4 is 40.9 Å². The van der Waals surface area contributed by atoms with Gasteiger partial charge in [-0.15, -0.1) is 0 Å². The number of carbonyl (C=O) groups is 3. The number of esters is 1. The minimum atomic E-state index is -1.29. The van der Waals surface area contributed by atoms with Crippen molar-refractivity contribution in [2.75, 3.05) is 6.54 Å². The highest BCUT2D eigenvalue weighted by atomic mass is 35.5. The van der Waals surface area contributed by atoms with Crippen LogP contribution in [0.5, 0.6) is 0 Å². The van der Waals surface area contributed by atoms with E-state index in [1.807, 2.05) is 31.2 Å². The second-order valence-corrected chi connectivity index (χ2v) is 5.62. The molecule has 1 rings (SSSR count). The van der Waals surface area contributed by atoms with E-state index in [9.17, 15) is 14.4 Å². The standard InChI is InChI=1S/C13H17NO3.C2H2Cl2O2/c1-10-2-4-11(5-3-10)9-17-13(16)7-6-12(15)8-14;3-1(4)2(5)6/h2-5H,6-9,14H2,1H3;1H,(H,5,6). The fraction of sp³-hybridized carbons (Fsp3) is 0.400. The summed E-state index contributed by atoms with van der Waals surface area (Å²) < 4.78 is 5.03. The van der Waals surface area contributed by atoms with E-state index in [0.29, 0.717) is 0 Å². The average Bonchev–Trinajstić information content (AvgIpc) is 2.52. The molecule has 0 aliphatic carbocycles. The van der Waals surface area contributed by atoms with E-state index in [0.717, 1.165) is 11.1 Å². The highest BCUT2D eigenvalue weighted by Crippen LogP contribution is 2.05. The number of hydrogen-bond donors (Lipinski definition) is 2. The fourth-order valence-electron chi connectivity index (χ4n) is 1.26. The van der Waals surface area contributed by atoms with Crippen molar-refractivity contribution in [1.82, 2.24) is 0 Å². The van der Waals surface area contributed by atoms with Crippen molar-refractivity contribution in [3.05, 3.63) is 35.4 Å². The van der Waals surface area contributed by atoms with Gasteiger partial charge in [0.25, 0.3) is 0 Å². The van der Waals surface area contributed by atoms with Gasteiger partial charge >= 0.3 is 11.9 Å². The minimum Gasteiger partial charge on any atom is -0.479 e. The van der Waals surface area contributed by atoms with Crippen LogP contribution in [0.1, 0.15) is 24.0 Å². The monoisotopic (exact) mass is 363 g/mol. The number of alkyl halides is 2. The molecule has 0 heterocycles. The Morgan fingerprint density at radius 1 is 1.17 bits per heavy atom. The summed E-state index contributed by atoms with van der Waals surface area (Å²) in [6.45, 7) is 2.22. The summed E-state index contributed by atoms with van der Waals surface area (Å²) in [5, 5.41) is 7.73. The van der Waals surface area contributed by atoms with Gasteiger partial charge in [0, 0.05) is 6.42 Å². The molecule has 6 nitrogen and oxygen atoms in total. The number of ketones is 1. The third-order valence-corrected chi connectivity index (χ3v) is 2.92. The Kier molecular flexibility index (Phi) is 11.0. The van der Waals surface area contributed by atoms with E-state index in [4.69, 9.17) is 38.8 Å². The van der Waals surface area contributed by atoms with Crippen LogP contribution in [-0.2, 0) is 25.7 Å². The van der Waals surface area contributed by atoms with Crippen LogP contribution >= 0.6 is 23.2 Å². The van der Waals surface area contributed by atoms with Gasteiger partial charge in [0.05, 0.1) is 13.0 Å². The minimum absolute atomic E-state index is 0.0226. The molecule has 0 aliphatic heterocycles. The molecule has 0 fully saturated rings. The molecule has 1 aromatic carbocycles. The molecule has 128 valence electrons. The van der Waals surface area contributed by atoms with Gasteiger partial charge in [-0.25, -0.2) is 4.79 Å². The molecule has 0 amide bonds. The zero-order chi connectivity index (χ0) is 17.8. The number of aliphatic carboxylic acids is 1. The number of Topliss-reactive ketones (excluding diaryl/α,β-unsaturated/α-hetero) is 1. The first-order valence-corrected chi connectivity index (χ1v) is 7.57. The maximum atomic E-state index is 11.3. The number of carboxylic acids is 1. The molecular weight excluding hydrogens is 345 g/mol. The van der Waals surface area contributed by atoms with E-state index in [-0.39, 0.29) is 37.7 Å². The highest BCUT2D eigenvalue weighted by Gasteiger charge is 2.07. The van der Waals surface area contributed by atoms with Crippen LogP contribution in [0.4, 0.5) is 0 Å². The van der Waals surface area contributed by atoms with E-state index >= 15 is 0 Å². The number of ether oxygens (including phenoxy) is 1. The van der Waals surface area contributed by atoms with Gasteiger partial charge in [0.1, 0.15) is 12.4 Å². The Labute approximate surface area is 144 Å². The third kappa shape index (κ3) is 11.6. The van der Waals surface area contributed by atoms with Crippen molar-refractivity contribution in [3.8, 4) is 0 Å². The number of benzene rings is 1. The normalized spacial score (nSPS) is 9.78. The number of carboxylic acid groups (broad SMARTS) is 1. The molecule has 0 saturated carbocycles. The zero-order valence-electron chi connectivity index (χ0n) is 12.6.